The van der Waals surface area contributed by atoms with Crippen molar-refractivity contribution in [2.45, 2.75) is 40.2 Å². The summed E-state index contributed by atoms with van der Waals surface area (Å²) in [5.74, 6) is 0.841. The molecule has 2 aromatic rings. The first-order chi connectivity index (χ1) is 18.9. The van der Waals surface area contributed by atoms with Gasteiger partial charge in [-0.3, -0.25) is 0 Å². The van der Waals surface area contributed by atoms with Gasteiger partial charge in [0.05, 0.1) is 24.3 Å². The van der Waals surface area contributed by atoms with Crippen LogP contribution in [0.2, 0.25) is 0 Å². The average Bonchev–Trinajstić information content (AvgIpc) is 2.91. The summed E-state index contributed by atoms with van der Waals surface area (Å²) in [6, 6.07) is 0. The van der Waals surface area contributed by atoms with Crippen molar-refractivity contribution in [1.29, 1.82) is 5.41 Å². The molecule has 3 N–H and O–H groups in total. The lowest BCUT2D eigenvalue weighted by atomic mass is 9.93. The molecule has 0 spiro atoms. The smallest absolute Gasteiger partial charge is 0.410 e. The van der Waals surface area contributed by atoms with Crippen molar-refractivity contribution in [2.24, 2.45) is 5.92 Å². The first kappa shape index (κ1) is 28.7. The lowest BCUT2D eigenvalue weighted by Crippen LogP contribution is -2.50. The van der Waals surface area contributed by atoms with Crippen molar-refractivity contribution < 1.29 is 13.9 Å². The molecule has 1 saturated heterocycles. The fraction of sp³-hybridized carbons (Fsp3) is 0.429. The highest BCUT2D eigenvalue weighted by molar-refractivity contribution is 6.13. The Morgan fingerprint density at radius 3 is 2.40 bits per heavy atom. The molecule has 1 aliphatic carbocycles. The van der Waals surface area contributed by atoms with Gasteiger partial charge in [0.2, 0.25) is 5.95 Å². The number of halogens is 1. The van der Waals surface area contributed by atoms with Crippen LogP contribution in [-0.4, -0.2) is 75.5 Å². The fourth-order valence-corrected chi connectivity index (χ4v) is 4.39. The van der Waals surface area contributed by atoms with E-state index in [0.29, 0.717) is 54.7 Å². The van der Waals surface area contributed by atoms with E-state index < -0.39 is 11.4 Å². The third-order valence-corrected chi connectivity index (χ3v) is 6.31. The van der Waals surface area contributed by atoms with Crippen LogP contribution < -0.4 is 15.5 Å². The molecule has 212 valence electrons. The average molecular weight is 550 g/mol. The van der Waals surface area contributed by atoms with Crippen LogP contribution in [0, 0.1) is 17.1 Å². The van der Waals surface area contributed by atoms with Gasteiger partial charge in [-0.1, -0.05) is 19.9 Å². The maximum Gasteiger partial charge on any atom is 0.410 e. The van der Waals surface area contributed by atoms with E-state index >= 15 is 0 Å². The Labute approximate surface area is 233 Å². The second-order valence-corrected chi connectivity index (χ2v) is 10.8. The third kappa shape index (κ3) is 6.80. The summed E-state index contributed by atoms with van der Waals surface area (Å²) < 4.78 is 20.3. The van der Waals surface area contributed by atoms with E-state index in [9.17, 15) is 9.18 Å². The highest BCUT2D eigenvalue weighted by atomic mass is 19.1. The minimum atomic E-state index is -0.572. The monoisotopic (exact) mass is 549 g/mol. The number of amides is 1. The highest BCUT2D eigenvalue weighted by Crippen LogP contribution is 2.27. The van der Waals surface area contributed by atoms with Crippen LogP contribution in [0.5, 0.6) is 0 Å². The van der Waals surface area contributed by atoms with Crippen LogP contribution in [0.15, 0.2) is 48.1 Å². The van der Waals surface area contributed by atoms with Crippen molar-refractivity contribution >= 4 is 35.0 Å². The summed E-state index contributed by atoms with van der Waals surface area (Å²) in [4.78, 5) is 33.4. The summed E-state index contributed by atoms with van der Waals surface area (Å²) in [6.45, 7) is 11.9. The molecule has 1 amide bonds. The number of ether oxygens (including phenoxy) is 1. The molecule has 0 atom stereocenters. The van der Waals surface area contributed by atoms with E-state index in [2.05, 4.69) is 30.6 Å². The Morgan fingerprint density at radius 2 is 1.80 bits per heavy atom. The standard InChI is InChI=1S/C28H36FN9O2/c1-17(2)24(31-6)19-13-18(7-8-21(19)30)25-20(29)14-34-26(36-25)35-22-15-33-23(16-32-22)37-9-11-38(12-10-37)27(39)40-28(3,4)5/h7-8,13-17,30-31H,9-12H2,1-6H3,(H,32,34,35,36)/b24-19-,30-21?. The predicted molar refractivity (Wildman–Crippen MR) is 153 cm³/mol. The SMILES string of the molecule is CN/C(=C1/C=C(c2nc(Nc3cnc(N4CCN(C(=O)OC(C)(C)C)CC4)cn3)ncc2F)C=CC1=N)C(C)C. The first-order valence-corrected chi connectivity index (χ1v) is 13.2. The van der Waals surface area contributed by atoms with Crippen LogP contribution in [0.4, 0.5) is 26.8 Å². The van der Waals surface area contributed by atoms with E-state index in [0.717, 1.165) is 11.9 Å². The third-order valence-electron chi connectivity index (χ3n) is 6.31. The predicted octanol–water partition coefficient (Wildman–Crippen LogP) is 4.31. The second-order valence-electron chi connectivity index (χ2n) is 10.8. The maximum atomic E-state index is 14.8. The van der Waals surface area contributed by atoms with Gasteiger partial charge in [0.25, 0.3) is 0 Å². The molecule has 1 fully saturated rings. The minimum absolute atomic E-state index is 0.116. The van der Waals surface area contributed by atoms with E-state index in [1.165, 1.54) is 0 Å². The van der Waals surface area contributed by atoms with Gasteiger partial charge >= 0.3 is 6.09 Å². The summed E-state index contributed by atoms with van der Waals surface area (Å²) in [7, 11) is 1.81. The van der Waals surface area contributed by atoms with Crippen LogP contribution in [0.1, 0.15) is 40.3 Å². The molecule has 40 heavy (non-hydrogen) atoms. The Morgan fingerprint density at radius 1 is 1.07 bits per heavy atom. The maximum absolute atomic E-state index is 14.8. The molecule has 0 aromatic carbocycles. The number of carbonyl (C=O) groups is 1. The zero-order valence-electron chi connectivity index (χ0n) is 23.7. The molecule has 0 saturated carbocycles. The molecule has 4 rings (SSSR count). The number of nitrogens with zero attached hydrogens (tertiary/aromatic N) is 6. The van der Waals surface area contributed by atoms with Crippen molar-refractivity contribution in [1.82, 2.24) is 30.2 Å². The van der Waals surface area contributed by atoms with Gasteiger partial charge in [-0.05, 0) is 38.8 Å². The van der Waals surface area contributed by atoms with Crippen LogP contribution >= 0.6 is 0 Å². The summed E-state index contributed by atoms with van der Waals surface area (Å²) >= 11 is 0. The van der Waals surface area contributed by atoms with Crippen LogP contribution in [0.3, 0.4) is 0 Å². The zero-order valence-corrected chi connectivity index (χ0v) is 23.7. The number of hydrogen-bond acceptors (Lipinski definition) is 10. The molecular weight excluding hydrogens is 513 g/mol. The molecule has 12 heteroatoms. The highest BCUT2D eigenvalue weighted by Gasteiger charge is 2.26. The Bertz CT molecular complexity index is 1350. The molecule has 1 aliphatic heterocycles. The van der Waals surface area contributed by atoms with Gasteiger partial charge in [0.15, 0.2) is 11.6 Å². The van der Waals surface area contributed by atoms with Crippen molar-refractivity contribution in [3.05, 3.63) is 59.6 Å². The molecule has 2 aliphatic rings. The second kappa shape index (κ2) is 11.8. The van der Waals surface area contributed by atoms with Crippen molar-refractivity contribution in [3.63, 3.8) is 0 Å². The number of anilines is 3. The minimum Gasteiger partial charge on any atom is -0.444 e. The number of nitrogens with one attached hydrogen (secondary N) is 3. The number of allylic oxidation sites excluding steroid dienone is 6. The van der Waals surface area contributed by atoms with E-state index in [1.807, 2.05) is 46.6 Å². The lowest BCUT2D eigenvalue weighted by Gasteiger charge is -2.36. The molecule has 0 bridgehead atoms. The summed E-state index contributed by atoms with van der Waals surface area (Å²) in [5, 5.41) is 14.5. The molecule has 11 nitrogen and oxygen atoms in total. The molecule has 2 aromatic heterocycles. The molecule has 0 radical (unpaired) electrons. The Balaban J connectivity index is 1.45. The molecular formula is C28H36FN9O2. The van der Waals surface area contributed by atoms with Crippen LogP contribution in [-0.2, 0) is 4.74 Å². The van der Waals surface area contributed by atoms with Gasteiger partial charge in [0, 0.05) is 50.1 Å². The van der Waals surface area contributed by atoms with E-state index in [-0.39, 0.29) is 23.7 Å². The quantitative estimate of drug-likeness (QED) is 0.482. The Kier molecular flexibility index (Phi) is 8.46. The summed E-state index contributed by atoms with van der Waals surface area (Å²) in [6.07, 6.45) is 9.06. The zero-order chi connectivity index (χ0) is 29.0. The van der Waals surface area contributed by atoms with Gasteiger partial charge in [-0.15, -0.1) is 0 Å². The number of piperazine rings is 1. The van der Waals surface area contributed by atoms with E-state index in [4.69, 9.17) is 10.1 Å². The van der Waals surface area contributed by atoms with Gasteiger partial charge in [0.1, 0.15) is 17.1 Å². The first-order valence-electron chi connectivity index (χ1n) is 13.2. The number of carbonyl (C=O) groups excluding carboxylic acids is 1. The topological polar surface area (TPSA) is 132 Å². The number of rotatable bonds is 6. The van der Waals surface area contributed by atoms with Crippen LogP contribution in [0.25, 0.3) is 5.57 Å². The van der Waals surface area contributed by atoms with Gasteiger partial charge < -0.3 is 30.6 Å². The lowest BCUT2D eigenvalue weighted by molar-refractivity contribution is 0.0240. The summed E-state index contributed by atoms with van der Waals surface area (Å²) in [5.41, 5.74) is 2.04. The van der Waals surface area contributed by atoms with Gasteiger partial charge in [-0.2, -0.15) is 0 Å². The number of hydrogen-bond donors (Lipinski definition) is 3. The largest absolute Gasteiger partial charge is 0.444 e. The normalized spacial score (nSPS) is 17.1. The number of aromatic nitrogens is 4. The van der Waals surface area contributed by atoms with Crippen molar-refractivity contribution in [2.75, 3.05) is 43.4 Å². The molecule has 3 heterocycles. The fourth-order valence-electron chi connectivity index (χ4n) is 4.39. The van der Waals surface area contributed by atoms with E-state index in [1.54, 1.807) is 35.5 Å². The Hall–Kier alpha value is -4.35. The van der Waals surface area contributed by atoms with Crippen molar-refractivity contribution in [3.8, 4) is 0 Å². The van der Waals surface area contributed by atoms with Gasteiger partial charge in [-0.25, -0.2) is 29.1 Å². The molecule has 0 unspecified atom stereocenters.